The number of rotatable bonds is 0. The standard InChI is InChI=1S/C24H16I2/c1-17-15-22(10-4-20-7-13-24(26)14-8-20)18(2)16-21(17)9-3-19-5-11-23(25)12-6-19/h5-8,11-16H,1-2H3. The highest BCUT2D eigenvalue weighted by Gasteiger charge is 2.01. The van der Waals surface area contributed by atoms with Crippen LogP contribution in [0.15, 0.2) is 60.7 Å². The quantitative estimate of drug-likeness (QED) is 0.224. The second-order valence-corrected chi connectivity index (χ2v) is 8.49. The third kappa shape index (κ3) is 5.13. The molecule has 3 aromatic rings. The molecule has 0 radical (unpaired) electrons. The number of aryl methyl sites for hydroxylation is 2. The lowest BCUT2D eigenvalue weighted by molar-refractivity contribution is 1.35. The first-order chi connectivity index (χ1) is 12.5. The number of hydrogen-bond acceptors (Lipinski definition) is 0. The Hall–Kier alpha value is -1.76. The van der Waals surface area contributed by atoms with Gasteiger partial charge in [0, 0.05) is 29.4 Å². The van der Waals surface area contributed by atoms with Crippen molar-refractivity contribution in [1.82, 2.24) is 0 Å². The molecule has 0 aliphatic carbocycles. The van der Waals surface area contributed by atoms with Crippen molar-refractivity contribution in [3.05, 3.63) is 101 Å². The average molecular weight is 558 g/mol. The second kappa shape index (κ2) is 8.75. The first kappa shape index (κ1) is 19.0. The number of hydrogen-bond donors (Lipinski definition) is 0. The van der Waals surface area contributed by atoms with E-state index in [0.717, 1.165) is 33.4 Å². The highest BCUT2D eigenvalue weighted by molar-refractivity contribution is 14.1. The van der Waals surface area contributed by atoms with Gasteiger partial charge in [0.15, 0.2) is 0 Å². The van der Waals surface area contributed by atoms with E-state index in [1.165, 1.54) is 7.14 Å². The molecular weight excluding hydrogens is 542 g/mol. The molecule has 0 aliphatic rings. The average Bonchev–Trinajstić information content (AvgIpc) is 2.63. The Labute approximate surface area is 182 Å². The van der Waals surface area contributed by atoms with Crippen molar-refractivity contribution in [2.45, 2.75) is 13.8 Å². The van der Waals surface area contributed by atoms with E-state index < -0.39 is 0 Å². The molecule has 0 aromatic heterocycles. The van der Waals surface area contributed by atoms with E-state index in [1.54, 1.807) is 0 Å². The lowest BCUT2D eigenvalue weighted by Gasteiger charge is -2.04. The van der Waals surface area contributed by atoms with Gasteiger partial charge < -0.3 is 0 Å². The van der Waals surface area contributed by atoms with Gasteiger partial charge in [-0.25, -0.2) is 0 Å². The van der Waals surface area contributed by atoms with Gasteiger partial charge in [0.25, 0.3) is 0 Å². The summed E-state index contributed by atoms with van der Waals surface area (Å²) in [4.78, 5) is 0. The molecule has 0 unspecified atom stereocenters. The molecule has 0 saturated heterocycles. The molecule has 0 spiro atoms. The van der Waals surface area contributed by atoms with Gasteiger partial charge in [0.2, 0.25) is 0 Å². The zero-order valence-corrected chi connectivity index (χ0v) is 18.8. The van der Waals surface area contributed by atoms with E-state index >= 15 is 0 Å². The Morgan fingerprint density at radius 1 is 0.538 bits per heavy atom. The lowest BCUT2D eigenvalue weighted by Crippen LogP contribution is -1.90. The Balaban J connectivity index is 1.87. The zero-order chi connectivity index (χ0) is 18.5. The molecular formula is C24H16I2. The van der Waals surface area contributed by atoms with Crippen molar-refractivity contribution in [3.63, 3.8) is 0 Å². The highest BCUT2D eigenvalue weighted by Crippen LogP contribution is 2.15. The molecule has 0 aliphatic heterocycles. The van der Waals surface area contributed by atoms with Crippen LogP contribution in [0, 0.1) is 44.7 Å². The van der Waals surface area contributed by atoms with Gasteiger partial charge in [0.05, 0.1) is 0 Å². The summed E-state index contributed by atoms with van der Waals surface area (Å²) in [6, 6.07) is 20.8. The second-order valence-electron chi connectivity index (χ2n) is 6.00. The van der Waals surface area contributed by atoms with Crippen molar-refractivity contribution in [3.8, 4) is 23.7 Å². The van der Waals surface area contributed by atoms with Crippen LogP contribution in [-0.2, 0) is 0 Å². The smallest absolute Gasteiger partial charge is 0.0281 e. The van der Waals surface area contributed by atoms with Gasteiger partial charge >= 0.3 is 0 Å². The SMILES string of the molecule is Cc1cc(C#Cc2ccc(I)cc2)c(C)cc1C#Cc1ccc(I)cc1. The van der Waals surface area contributed by atoms with E-state index in [2.05, 4.69) is 143 Å². The largest absolute Gasteiger partial charge is 0.0616 e. The molecule has 0 N–H and O–H groups in total. The minimum atomic E-state index is 1.03. The molecule has 3 rings (SSSR count). The van der Waals surface area contributed by atoms with Crippen molar-refractivity contribution in [2.75, 3.05) is 0 Å². The van der Waals surface area contributed by atoms with Crippen LogP contribution in [0.25, 0.3) is 0 Å². The summed E-state index contributed by atoms with van der Waals surface area (Å²) in [5.41, 5.74) is 6.48. The normalized spacial score (nSPS) is 9.69. The fourth-order valence-corrected chi connectivity index (χ4v) is 3.15. The highest BCUT2D eigenvalue weighted by atomic mass is 127. The van der Waals surface area contributed by atoms with Crippen molar-refractivity contribution >= 4 is 45.2 Å². The van der Waals surface area contributed by atoms with Crippen molar-refractivity contribution < 1.29 is 0 Å². The molecule has 26 heavy (non-hydrogen) atoms. The van der Waals surface area contributed by atoms with E-state index in [-0.39, 0.29) is 0 Å². The van der Waals surface area contributed by atoms with Crippen LogP contribution in [0.5, 0.6) is 0 Å². The lowest BCUT2D eigenvalue weighted by atomic mass is 10.00. The van der Waals surface area contributed by atoms with Gasteiger partial charge in [-0.15, -0.1) is 0 Å². The van der Waals surface area contributed by atoms with Crippen LogP contribution in [-0.4, -0.2) is 0 Å². The molecule has 0 fully saturated rings. The first-order valence-corrected chi connectivity index (χ1v) is 10.3. The predicted octanol–water partition coefficient (Wildman–Crippen LogP) is 6.31. The minimum absolute atomic E-state index is 1.03. The molecule has 126 valence electrons. The van der Waals surface area contributed by atoms with Gasteiger partial charge in [-0.2, -0.15) is 0 Å². The third-order valence-corrected chi connectivity index (χ3v) is 5.38. The Bertz CT molecular complexity index is 963. The Morgan fingerprint density at radius 2 is 0.885 bits per heavy atom. The van der Waals surface area contributed by atoms with Crippen LogP contribution in [0.1, 0.15) is 33.4 Å². The maximum Gasteiger partial charge on any atom is 0.0281 e. The number of benzene rings is 3. The topological polar surface area (TPSA) is 0 Å². The van der Waals surface area contributed by atoms with Crippen molar-refractivity contribution in [2.24, 2.45) is 0 Å². The fourth-order valence-electron chi connectivity index (χ4n) is 2.43. The summed E-state index contributed by atoms with van der Waals surface area (Å²) >= 11 is 4.60. The van der Waals surface area contributed by atoms with Gasteiger partial charge in [0.1, 0.15) is 0 Å². The van der Waals surface area contributed by atoms with E-state index in [4.69, 9.17) is 0 Å². The van der Waals surface area contributed by atoms with Crippen LogP contribution >= 0.6 is 45.2 Å². The molecule has 0 bridgehead atoms. The summed E-state index contributed by atoms with van der Waals surface area (Å²) < 4.78 is 2.44. The summed E-state index contributed by atoms with van der Waals surface area (Å²) in [6.07, 6.45) is 0. The van der Waals surface area contributed by atoms with Crippen LogP contribution in [0.3, 0.4) is 0 Å². The van der Waals surface area contributed by atoms with Gasteiger partial charge in [-0.05, 0) is 131 Å². The van der Waals surface area contributed by atoms with Crippen LogP contribution in [0.2, 0.25) is 0 Å². The Kier molecular flexibility index (Phi) is 6.40. The molecule has 0 amide bonds. The van der Waals surface area contributed by atoms with E-state index in [1.807, 2.05) is 0 Å². The summed E-state index contributed by atoms with van der Waals surface area (Å²) in [7, 11) is 0. The predicted molar refractivity (Wildman–Crippen MR) is 126 cm³/mol. The maximum absolute atomic E-state index is 3.30. The molecule has 0 atom stereocenters. The van der Waals surface area contributed by atoms with Gasteiger partial charge in [-0.3, -0.25) is 0 Å². The third-order valence-electron chi connectivity index (χ3n) is 3.94. The summed E-state index contributed by atoms with van der Waals surface area (Å²) in [5.74, 6) is 13.1. The van der Waals surface area contributed by atoms with E-state index in [0.29, 0.717) is 0 Å². The van der Waals surface area contributed by atoms with Crippen LogP contribution in [0.4, 0.5) is 0 Å². The van der Waals surface area contributed by atoms with Crippen molar-refractivity contribution in [1.29, 1.82) is 0 Å². The first-order valence-electron chi connectivity index (χ1n) is 8.18. The number of halogens is 2. The van der Waals surface area contributed by atoms with Crippen LogP contribution < -0.4 is 0 Å². The molecule has 0 nitrogen and oxygen atoms in total. The van der Waals surface area contributed by atoms with E-state index in [9.17, 15) is 0 Å². The monoisotopic (exact) mass is 558 g/mol. The molecule has 0 saturated carbocycles. The minimum Gasteiger partial charge on any atom is -0.0616 e. The summed E-state index contributed by atoms with van der Waals surface area (Å²) in [5, 5.41) is 0. The molecule has 3 aromatic carbocycles. The summed E-state index contributed by atoms with van der Waals surface area (Å²) in [6.45, 7) is 4.18. The maximum atomic E-state index is 3.30. The van der Waals surface area contributed by atoms with Gasteiger partial charge in [-0.1, -0.05) is 23.7 Å². The fraction of sp³-hybridized carbons (Fsp3) is 0.0833. The molecule has 0 heterocycles. The zero-order valence-electron chi connectivity index (χ0n) is 14.5. The molecule has 2 heteroatoms. The Morgan fingerprint density at radius 3 is 1.23 bits per heavy atom.